The number of aromatic nitrogens is 1. The average molecular weight is 347 g/mol. The van der Waals surface area contributed by atoms with E-state index in [9.17, 15) is 0 Å². The topological polar surface area (TPSA) is 52.0 Å². The minimum absolute atomic E-state index is 0.531. The SMILES string of the molecule is Nc1cc(Br)cc2nc(C3C4CC5CC(C4)CC3C5)oc12. The van der Waals surface area contributed by atoms with Gasteiger partial charge in [0.2, 0.25) is 0 Å². The zero-order valence-electron chi connectivity index (χ0n) is 11.9. The molecule has 21 heavy (non-hydrogen) atoms. The minimum atomic E-state index is 0.531. The maximum atomic E-state index is 6.12. The van der Waals surface area contributed by atoms with Crippen LogP contribution in [0.2, 0.25) is 0 Å². The number of hydrogen-bond acceptors (Lipinski definition) is 3. The van der Waals surface area contributed by atoms with Gasteiger partial charge in [-0.15, -0.1) is 0 Å². The van der Waals surface area contributed by atoms with Gasteiger partial charge in [0.05, 0.1) is 5.69 Å². The first kappa shape index (κ1) is 12.5. The number of oxazole rings is 1. The lowest BCUT2D eigenvalue weighted by Gasteiger charge is -2.53. The quantitative estimate of drug-likeness (QED) is 0.760. The number of nitrogen functional groups attached to an aromatic ring is 1. The standard InChI is InChI=1S/C17H19BrN2O/c18-12-6-13(19)16-14(7-12)20-17(21-16)15-10-2-8-1-9(4-10)5-11(15)3-8/h6-11,15H,1-5,19H2. The molecule has 1 aromatic heterocycles. The highest BCUT2D eigenvalue weighted by Gasteiger charge is 2.50. The number of hydrogen-bond donors (Lipinski definition) is 1. The lowest BCUT2D eigenvalue weighted by atomic mass is 9.52. The molecule has 110 valence electrons. The summed E-state index contributed by atoms with van der Waals surface area (Å²) in [5.41, 5.74) is 8.42. The van der Waals surface area contributed by atoms with Crippen molar-refractivity contribution in [2.24, 2.45) is 23.7 Å². The van der Waals surface area contributed by atoms with Gasteiger partial charge in [0.1, 0.15) is 5.52 Å². The summed E-state index contributed by atoms with van der Waals surface area (Å²) in [4.78, 5) is 4.80. The summed E-state index contributed by atoms with van der Waals surface area (Å²) in [6.07, 6.45) is 7.02. The van der Waals surface area contributed by atoms with Crippen molar-refractivity contribution in [2.45, 2.75) is 38.0 Å². The molecule has 4 heteroatoms. The highest BCUT2D eigenvalue weighted by atomic mass is 79.9. The van der Waals surface area contributed by atoms with Gasteiger partial charge in [-0.3, -0.25) is 0 Å². The first-order valence-corrected chi connectivity index (χ1v) is 8.82. The van der Waals surface area contributed by atoms with Crippen molar-refractivity contribution in [3.63, 3.8) is 0 Å². The monoisotopic (exact) mass is 346 g/mol. The van der Waals surface area contributed by atoms with E-state index in [0.717, 1.165) is 45.1 Å². The molecule has 6 rings (SSSR count). The van der Waals surface area contributed by atoms with E-state index in [1.807, 2.05) is 12.1 Å². The third-order valence-corrected chi connectivity index (χ3v) is 6.47. The molecule has 0 radical (unpaired) electrons. The summed E-state index contributed by atoms with van der Waals surface area (Å²) in [7, 11) is 0. The van der Waals surface area contributed by atoms with E-state index in [4.69, 9.17) is 15.1 Å². The third kappa shape index (κ3) is 1.81. The Morgan fingerprint density at radius 1 is 1.05 bits per heavy atom. The van der Waals surface area contributed by atoms with Crippen LogP contribution in [0.1, 0.15) is 43.9 Å². The summed E-state index contributed by atoms with van der Waals surface area (Å²) in [6, 6.07) is 3.91. The van der Waals surface area contributed by atoms with E-state index in [0.29, 0.717) is 11.6 Å². The average Bonchev–Trinajstić information content (AvgIpc) is 2.81. The predicted octanol–water partition coefficient (Wildman–Crippen LogP) is 4.71. The number of benzene rings is 1. The van der Waals surface area contributed by atoms with Crippen molar-refractivity contribution in [1.82, 2.24) is 4.98 Å². The van der Waals surface area contributed by atoms with E-state index >= 15 is 0 Å². The number of fused-ring (bicyclic) bond motifs is 1. The van der Waals surface area contributed by atoms with Crippen LogP contribution in [0.3, 0.4) is 0 Å². The molecule has 1 aromatic carbocycles. The van der Waals surface area contributed by atoms with Crippen molar-refractivity contribution in [2.75, 3.05) is 5.73 Å². The minimum Gasteiger partial charge on any atom is -0.438 e. The molecule has 0 spiro atoms. The van der Waals surface area contributed by atoms with Crippen LogP contribution in [0.4, 0.5) is 5.69 Å². The van der Waals surface area contributed by atoms with Gasteiger partial charge in [-0.2, -0.15) is 0 Å². The van der Waals surface area contributed by atoms with Crippen LogP contribution >= 0.6 is 15.9 Å². The molecule has 2 aromatic rings. The van der Waals surface area contributed by atoms with Crippen LogP contribution in [0.15, 0.2) is 21.0 Å². The fourth-order valence-electron chi connectivity index (χ4n) is 5.51. The van der Waals surface area contributed by atoms with Gasteiger partial charge in [0, 0.05) is 10.4 Å². The molecular weight excluding hydrogens is 328 g/mol. The number of rotatable bonds is 1. The first-order valence-electron chi connectivity index (χ1n) is 8.03. The molecule has 1 heterocycles. The van der Waals surface area contributed by atoms with Crippen LogP contribution in [-0.4, -0.2) is 4.98 Å². The molecule has 4 saturated carbocycles. The van der Waals surface area contributed by atoms with Gasteiger partial charge in [-0.25, -0.2) is 4.98 Å². The second kappa shape index (κ2) is 4.25. The Hall–Kier alpha value is -1.03. The fraction of sp³-hybridized carbons (Fsp3) is 0.588. The third-order valence-electron chi connectivity index (χ3n) is 6.01. The molecule has 4 aliphatic carbocycles. The Labute approximate surface area is 132 Å². The van der Waals surface area contributed by atoms with Crippen LogP contribution in [-0.2, 0) is 0 Å². The summed E-state index contributed by atoms with van der Waals surface area (Å²) >= 11 is 3.49. The fourth-order valence-corrected chi connectivity index (χ4v) is 5.97. The maximum Gasteiger partial charge on any atom is 0.199 e. The zero-order valence-corrected chi connectivity index (χ0v) is 13.5. The highest BCUT2D eigenvalue weighted by Crippen LogP contribution is 2.59. The number of anilines is 1. The smallest absolute Gasteiger partial charge is 0.199 e. The summed E-state index contributed by atoms with van der Waals surface area (Å²) in [6.45, 7) is 0. The summed E-state index contributed by atoms with van der Waals surface area (Å²) in [5.74, 6) is 5.02. The summed E-state index contributed by atoms with van der Waals surface area (Å²) < 4.78 is 7.09. The summed E-state index contributed by atoms with van der Waals surface area (Å²) in [5, 5.41) is 0. The van der Waals surface area contributed by atoms with Crippen molar-refractivity contribution in [3.8, 4) is 0 Å². The van der Waals surface area contributed by atoms with E-state index in [2.05, 4.69) is 15.9 Å². The molecule has 2 N–H and O–H groups in total. The zero-order chi connectivity index (χ0) is 14.1. The second-order valence-corrected chi connectivity index (χ2v) is 8.27. The predicted molar refractivity (Wildman–Crippen MR) is 85.9 cm³/mol. The molecule has 0 aliphatic heterocycles. The normalized spacial score (nSPS) is 37.5. The molecule has 4 bridgehead atoms. The molecule has 0 saturated heterocycles. The Morgan fingerprint density at radius 3 is 2.38 bits per heavy atom. The van der Waals surface area contributed by atoms with Crippen LogP contribution in [0.25, 0.3) is 11.1 Å². The van der Waals surface area contributed by atoms with Gasteiger partial charge >= 0.3 is 0 Å². The molecule has 0 unspecified atom stereocenters. The second-order valence-electron chi connectivity index (χ2n) is 7.35. The molecular formula is C17H19BrN2O. The van der Waals surface area contributed by atoms with Gasteiger partial charge in [0.15, 0.2) is 11.5 Å². The number of halogens is 1. The largest absolute Gasteiger partial charge is 0.438 e. The lowest BCUT2D eigenvalue weighted by molar-refractivity contribution is -0.0109. The number of nitrogens with zero attached hydrogens (tertiary/aromatic N) is 1. The number of nitrogens with two attached hydrogens (primary N) is 1. The molecule has 3 nitrogen and oxygen atoms in total. The first-order chi connectivity index (χ1) is 10.2. The van der Waals surface area contributed by atoms with Crippen molar-refractivity contribution in [1.29, 1.82) is 0 Å². The van der Waals surface area contributed by atoms with Gasteiger partial charge in [-0.1, -0.05) is 15.9 Å². The van der Waals surface area contributed by atoms with Crippen LogP contribution in [0, 0.1) is 23.7 Å². The lowest BCUT2D eigenvalue weighted by Crippen LogP contribution is -2.43. The van der Waals surface area contributed by atoms with E-state index in [1.54, 1.807) is 0 Å². The maximum absolute atomic E-state index is 6.12. The Kier molecular flexibility index (Phi) is 2.53. The molecule has 0 atom stereocenters. The Morgan fingerprint density at radius 2 is 1.71 bits per heavy atom. The highest BCUT2D eigenvalue weighted by molar-refractivity contribution is 9.10. The van der Waals surface area contributed by atoms with Gasteiger partial charge in [-0.05, 0) is 67.9 Å². The molecule has 4 fully saturated rings. The molecule has 4 aliphatic rings. The van der Waals surface area contributed by atoms with Crippen molar-refractivity contribution in [3.05, 3.63) is 22.5 Å². The Balaban J connectivity index is 1.60. The van der Waals surface area contributed by atoms with Gasteiger partial charge < -0.3 is 10.2 Å². The van der Waals surface area contributed by atoms with Crippen molar-refractivity contribution >= 4 is 32.7 Å². The van der Waals surface area contributed by atoms with E-state index in [1.165, 1.54) is 32.1 Å². The molecule has 0 amide bonds. The van der Waals surface area contributed by atoms with E-state index < -0.39 is 0 Å². The van der Waals surface area contributed by atoms with E-state index in [-0.39, 0.29) is 0 Å². The van der Waals surface area contributed by atoms with Crippen molar-refractivity contribution < 1.29 is 4.42 Å². The van der Waals surface area contributed by atoms with Crippen LogP contribution < -0.4 is 5.73 Å². The van der Waals surface area contributed by atoms with Gasteiger partial charge in [0.25, 0.3) is 0 Å². The Bertz CT molecular complexity index is 695. The van der Waals surface area contributed by atoms with Crippen LogP contribution in [0.5, 0.6) is 0 Å².